The van der Waals surface area contributed by atoms with Crippen molar-refractivity contribution in [2.45, 2.75) is 33.1 Å². The Bertz CT molecular complexity index is 197. The van der Waals surface area contributed by atoms with Gasteiger partial charge in [-0.25, -0.2) is 0 Å². The zero-order valence-corrected chi connectivity index (χ0v) is 7.30. The summed E-state index contributed by atoms with van der Waals surface area (Å²) < 4.78 is 0. The fraction of sp³-hybridized carbons (Fsp3) is 0.700. The van der Waals surface area contributed by atoms with Crippen LogP contribution in [0.25, 0.3) is 0 Å². The molecule has 0 N–H and O–H groups in total. The summed E-state index contributed by atoms with van der Waals surface area (Å²) in [5, 5.41) is 8.48. The van der Waals surface area contributed by atoms with Gasteiger partial charge in [0.25, 0.3) is 0 Å². The van der Waals surface area contributed by atoms with Crippen LogP contribution in [0, 0.1) is 23.2 Å². The number of nitriles is 1. The van der Waals surface area contributed by atoms with Gasteiger partial charge in [-0.15, -0.1) is 0 Å². The van der Waals surface area contributed by atoms with Gasteiger partial charge in [0, 0.05) is 6.08 Å². The van der Waals surface area contributed by atoms with Gasteiger partial charge in [0.1, 0.15) is 0 Å². The molecule has 60 valence electrons. The summed E-state index contributed by atoms with van der Waals surface area (Å²) in [5.74, 6) is 1.49. The first-order valence-corrected chi connectivity index (χ1v) is 4.32. The van der Waals surface area contributed by atoms with Gasteiger partial charge in [-0.05, 0) is 31.1 Å². The molecule has 0 saturated heterocycles. The van der Waals surface area contributed by atoms with Gasteiger partial charge in [-0.2, -0.15) is 5.26 Å². The van der Waals surface area contributed by atoms with E-state index in [1.165, 1.54) is 18.4 Å². The van der Waals surface area contributed by atoms with Crippen molar-refractivity contribution in [3.8, 4) is 6.07 Å². The first kappa shape index (κ1) is 8.33. The maximum Gasteiger partial charge on any atom is 0.0911 e. The minimum Gasteiger partial charge on any atom is -0.193 e. The third kappa shape index (κ3) is 2.08. The van der Waals surface area contributed by atoms with E-state index in [-0.39, 0.29) is 0 Å². The molecule has 0 heterocycles. The van der Waals surface area contributed by atoms with Crippen LogP contribution < -0.4 is 0 Å². The Morgan fingerprint density at radius 3 is 2.82 bits per heavy atom. The molecule has 1 heteroatoms. The quantitative estimate of drug-likeness (QED) is 0.486. The maximum atomic E-state index is 8.48. The number of hydrogen-bond donors (Lipinski definition) is 0. The number of hydrogen-bond acceptors (Lipinski definition) is 1. The Morgan fingerprint density at radius 2 is 2.27 bits per heavy atom. The molecule has 0 aromatic heterocycles. The average Bonchev–Trinajstić information content (AvgIpc) is 1.95. The van der Waals surface area contributed by atoms with Crippen molar-refractivity contribution in [3.63, 3.8) is 0 Å². The second-order valence-corrected chi connectivity index (χ2v) is 3.63. The number of allylic oxidation sites excluding steroid dienone is 2. The normalized spacial score (nSPS) is 35.2. The van der Waals surface area contributed by atoms with Crippen molar-refractivity contribution in [2.75, 3.05) is 0 Å². The van der Waals surface area contributed by atoms with E-state index < -0.39 is 0 Å². The first-order chi connectivity index (χ1) is 5.24. The Balaban J connectivity index is 2.59. The fourth-order valence-corrected chi connectivity index (χ4v) is 1.83. The van der Waals surface area contributed by atoms with E-state index in [9.17, 15) is 0 Å². The molecule has 0 aromatic rings. The topological polar surface area (TPSA) is 23.8 Å². The monoisotopic (exact) mass is 149 g/mol. The Kier molecular flexibility index (Phi) is 2.70. The molecule has 0 amide bonds. The SMILES string of the molecule is CC1CCC(=CC#N)C(C)C1. The summed E-state index contributed by atoms with van der Waals surface area (Å²) in [7, 11) is 0. The lowest BCUT2D eigenvalue weighted by Gasteiger charge is -2.26. The van der Waals surface area contributed by atoms with Crippen LogP contribution in [0.2, 0.25) is 0 Å². The smallest absolute Gasteiger partial charge is 0.0911 e. The molecule has 0 radical (unpaired) electrons. The van der Waals surface area contributed by atoms with E-state index in [4.69, 9.17) is 5.26 Å². The highest BCUT2D eigenvalue weighted by Crippen LogP contribution is 2.32. The summed E-state index contributed by atoms with van der Waals surface area (Å²) in [6.45, 7) is 4.51. The Morgan fingerprint density at radius 1 is 1.55 bits per heavy atom. The number of nitrogens with zero attached hydrogens (tertiary/aromatic N) is 1. The van der Waals surface area contributed by atoms with Gasteiger partial charge >= 0.3 is 0 Å². The highest BCUT2D eigenvalue weighted by molar-refractivity contribution is 5.17. The van der Waals surface area contributed by atoms with Gasteiger partial charge in [0.2, 0.25) is 0 Å². The third-order valence-electron chi connectivity index (χ3n) is 2.56. The van der Waals surface area contributed by atoms with Crippen molar-refractivity contribution >= 4 is 0 Å². The molecule has 1 fully saturated rings. The fourth-order valence-electron chi connectivity index (χ4n) is 1.83. The lowest BCUT2D eigenvalue weighted by atomic mass is 9.80. The van der Waals surface area contributed by atoms with Crippen LogP contribution in [0.15, 0.2) is 11.6 Å². The standard InChI is InChI=1S/C10H15N/c1-8-3-4-10(5-6-11)9(2)7-8/h5,8-9H,3-4,7H2,1-2H3. The van der Waals surface area contributed by atoms with Gasteiger partial charge in [-0.3, -0.25) is 0 Å². The molecule has 1 rings (SSSR count). The number of rotatable bonds is 0. The largest absolute Gasteiger partial charge is 0.193 e. The lowest BCUT2D eigenvalue weighted by molar-refractivity contribution is 0.371. The molecule has 2 atom stereocenters. The second-order valence-electron chi connectivity index (χ2n) is 3.63. The van der Waals surface area contributed by atoms with Gasteiger partial charge in [0.05, 0.1) is 6.07 Å². The van der Waals surface area contributed by atoms with Crippen LogP contribution in [0.5, 0.6) is 0 Å². The van der Waals surface area contributed by atoms with Crippen LogP contribution in [0.1, 0.15) is 33.1 Å². The van der Waals surface area contributed by atoms with E-state index in [1.54, 1.807) is 6.08 Å². The molecule has 1 aliphatic rings. The molecule has 0 aromatic carbocycles. The van der Waals surface area contributed by atoms with E-state index in [2.05, 4.69) is 19.9 Å². The Hall–Kier alpha value is -0.770. The van der Waals surface area contributed by atoms with E-state index >= 15 is 0 Å². The molecule has 0 bridgehead atoms. The molecule has 0 aliphatic heterocycles. The summed E-state index contributed by atoms with van der Waals surface area (Å²) in [5.41, 5.74) is 1.35. The molecule has 0 spiro atoms. The highest BCUT2D eigenvalue weighted by Gasteiger charge is 2.18. The third-order valence-corrected chi connectivity index (χ3v) is 2.56. The molecule has 2 unspecified atom stereocenters. The second kappa shape index (κ2) is 3.57. The molecule has 11 heavy (non-hydrogen) atoms. The van der Waals surface area contributed by atoms with Gasteiger partial charge in [0.15, 0.2) is 0 Å². The predicted octanol–water partition coefficient (Wildman–Crippen LogP) is 2.89. The van der Waals surface area contributed by atoms with Gasteiger partial charge in [-0.1, -0.05) is 19.4 Å². The van der Waals surface area contributed by atoms with Crippen molar-refractivity contribution in [1.82, 2.24) is 0 Å². The predicted molar refractivity (Wildman–Crippen MR) is 45.9 cm³/mol. The highest BCUT2D eigenvalue weighted by atomic mass is 14.3. The molecular weight excluding hydrogens is 134 g/mol. The van der Waals surface area contributed by atoms with Crippen LogP contribution >= 0.6 is 0 Å². The molecule has 1 nitrogen and oxygen atoms in total. The summed E-state index contributed by atoms with van der Waals surface area (Å²) >= 11 is 0. The van der Waals surface area contributed by atoms with Crippen LogP contribution in [-0.2, 0) is 0 Å². The minimum atomic E-state index is 0.637. The van der Waals surface area contributed by atoms with E-state index in [0.717, 1.165) is 12.3 Å². The van der Waals surface area contributed by atoms with Crippen LogP contribution in [0.4, 0.5) is 0 Å². The minimum absolute atomic E-state index is 0.637. The average molecular weight is 149 g/mol. The van der Waals surface area contributed by atoms with Crippen LogP contribution in [0.3, 0.4) is 0 Å². The molecule has 1 aliphatic carbocycles. The molecule has 1 saturated carbocycles. The lowest BCUT2D eigenvalue weighted by Crippen LogP contribution is -2.13. The van der Waals surface area contributed by atoms with Crippen LogP contribution in [-0.4, -0.2) is 0 Å². The summed E-state index contributed by atoms with van der Waals surface area (Å²) in [6, 6.07) is 2.12. The summed E-state index contributed by atoms with van der Waals surface area (Å²) in [6.07, 6.45) is 5.39. The van der Waals surface area contributed by atoms with E-state index in [1.807, 2.05) is 0 Å². The zero-order valence-electron chi connectivity index (χ0n) is 7.30. The Labute approximate surface area is 68.7 Å². The van der Waals surface area contributed by atoms with Gasteiger partial charge < -0.3 is 0 Å². The van der Waals surface area contributed by atoms with Crippen molar-refractivity contribution in [2.24, 2.45) is 11.8 Å². The van der Waals surface area contributed by atoms with E-state index in [0.29, 0.717) is 5.92 Å². The first-order valence-electron chi connectivity index (χ1n) is 4.32. The summed E-state index contributed by atoms with van der Waals surface area (Å²) in [4.78, 5) is 0. The van der Waals surface area contributed by atoms with Crippen molar-refractivity contribution in [1.29, 1.82) is 5.26 Å². The zero-order chi connectivity index (χ0) is 8.27. The maximum absolute atomic E-state index is 8.48. The van der Waals surface area contributed by atoms with Crippen molar-refractivity contribution in [3.05, 3.63) is 11.6 Å². The molecular formula is C10H15N. The van der Waals surface area contributed by atoms with Crippen molar-refractivity contribution < 1.29 is 0 Å².